The molecule has 1 N–H and O–H groups in total. The van der Waals surface area contributed by atoms with E-state index in [0.29, 0.717) is 18.0 Å². The summed E-state index contributed by atoms with van der Waals surface area (Å²) in [5, 5.41) is 2.75. The van der Waals surface area contributed by atoms with Crippen LogP contribution in [0.4, 0.5) is 10.5 Å². The van der Waals surface area contributed by atoms with Crippen molar-refractivity contribution in [3.8, 4) is 11.5 Å². The van der Waals surface area contributed by atoms with Crippen LogP contribution in [0.3, 0.4) is 0 Å². The molecule has 2 aromatic carbocycles. The number of piperidine rings is 1. The number of nitrogens with one attached hydrogen (secondary N) is 1. The van der Waals surface area contributed by atoms with E-state index in [1.807, 2.05) is 48.5 Å². The molecule has 1 saturated heterocycles. The fraction of sp³-hybridized carbons (Fsp3) is 0.350. The number of hydrogen-bond acceptors (Lipinski definition) is 4. The smallest absolute Gasteiger partial charge is 0.411 e. The van der Waals surface area contributed by atoms with Crippen LogP contribution >= 0.6 is 0 Å². The minimum absolute atomic E-state index is 0.409. The Morgan fingerprint density at radius 3 is 2.52 bits per heavy atom. The average Bonchev–Trinajstić information content (AvgIpc) is 2.64. The predicted octanol–water partition coefficient (Wildman–Crippen LogP) is 4.51. The number of hydrogen-bond donors (Lipinski definition) is 1. The van der Waals surface area contributed by atoms with E-state index in [1.165, 1.54) is 19.3 Å². The van der Waals surface area contributed by atoms with Gasteiger partial charge in [0.2, 0.25) is 0 Å². The van der Waals surface area contributed by atoms with Gasteiger partial charge in [-0.1, -0.05) is 30.7 Å². The first-order valence-corrected chi connectivity index (χ1v) is 8.79. The molecule has 0 saturated carbocycles. The van der Waals surface area contributed by atoms with Gasteiger partial charge in [0.05, 0.1) is 0 Å². The summed E-state index contributed by atoms with van der Waals surface area (Å²) in [6.07, 6.45) is 3.34. The number of nitrogens with zero attached hydrogens (tertiary/aromatic N) is 1. The summed E-state index contributed by atoms with van der Waals surface area (Å²) < 4.78 is 11.0. The standard InChI is InChI=1S/C20H24N2O3/c23-20(24-15-14-22-12-5-2-6-13-22)21-17-8-7-11-19(16-17)25-18-9-3-1-4-10-18/h1,3-4,7-11,16H,2,5-6,12-15H2,(H,21,23). The molecule has 0 unspecified atom stereocenters. The Morgan fingerprint density at radius 2 is 1.72 bits per heavy atom. The van der Waals surface area contributed by atoms with Crippen LogP contribution in [0, 0.1) is 0 Å². The third-order valence-corrected chi connectivity index (χ3v) is 4.15. The summed E-state index contributed by atoms with van der Waals surface area (Å²) in [7, 11) is 0. The quantitative estimate of drug-likeness (QED) is 0.840. The maximum atomic E-state index is 11.9. The molecule has 2 aromatic rings. The molecule has 3 rings (SSSR count). The van der Waals surface area contributed by atoms with Crippen LogP contribution in [0.5, 0.6) is 11.5 Å². The Morgan fingerprint density at radius 1 is 0.960 bits per heavy atom. The zero-order valence-corrected chi connectivity index (χ0v) is 14.3. The number of carbonyl (C=O) groups excluding carboxylic acids is 1. The van der Waals surface area contributed by atoms with E-state index < -0.39 is 6.09 Å². The lowest BCUT2D eigenvalue weighted by Crippen LogP contribution is -2.33. The van der Waals surface area contributed by atoms with E-state index in [2.05, 4.69) is 10.2 Å². The molecular formula is C20H24N2O3. The number of benzene rings is 2. The Labute approximate surface area is 148 Å². The second-order valence-corrected chi connectivity index (χ2v) is 6.11. The lowest BCUT2D eigenvalue weighted by molar-refractivity contribution is 0.131. The van der Waals surface area contributed by atoms with Gasteiger partial charge in [-0.3, -0.25) is 10.2 Å². The molecule has 1 amide bonds. The van der Waals surface area contributed by atoms with Crippen LogP contribution in [0.1, 0.15) is 19.3 Å². The second kappa shape index (κ2) is 9.08. The van der Waals surface area contributed by atoms with Gasteiger partial charge < -0.3 is 9.47 Å². The van der Waals surface area contributed by atoms with Crippen molar-refractivity contribution in [2.24, 2.45) is 0 Å². The monoisotopic (exact) mass is 340 g/mol. The highest BCUT2D eigenvalue weighted by Gasteiger charge is 2.11. The number of ether oxygens (including phenoxy) is 2. The topological polar surface area (TPSA) is 50.8 Å². The molecule has 5 nitrogen and oxygen atoms in total. The normalized spacial score (nSPS) is 14.7. The van der Waals surface area contributed by atoms with Crippen LogP contribution in [0.15, 0.2) is 54.6 Å². The van der Waals surface area contributed by atoms with E-state index in [-0.39, 0.29) is 0 Å². The molecule has 25 heavy (non-hydrogen) atoms. The van der Waals surface area contributed by atoms with Crippen molar-refractivity contribution in [3.63, 3.8) is 0 Å². The Balaban J connectivity index is 1.45. The lowest BCUT2D eigenvalue weighted by atomic mass is 10.1. The number of amides is 1. The van der Waals surface area contributed by atoms with Crippen molar-refractivity contribution >= 4 is 11.8 Å². The molecule has 1 heterocycles. The molecular weight excluding hydrogens is 316 g/mol. The van der Waals surface area contributed by atoms with Gasteiger partial charge in [0.1, 0.15) is 18.1 Å². The lowest BCUT2D eigenvalue weighted by Gasteiger charge is -2.25. The van der Waals surface area contributed by atoms with E-state index in [4.69, 9.17) is 9.47 Å². The van der Waals surface area contributed by atoms with Crippen LogP contribution < -0.4 is 10.1 Å². The highest BCUT2D eigenvalue weighted by molar-refractivity contribution is 5.84. The first-order valence-electron chi connectivity index (χ1n) is 8.79. The molecule has 0 aliphatic carbocycles. The van der Waals surface area contributed by atoms with Crippen molar-refractivity contribution < 1.29 is 14.3 Å². The number of para-hydroxylation sites is 1. The molecule has 0 atom stereocenters. The van der Waals surface area contributed by atoms with E-state index in [9.17, 15) is 4.79 Å². The Hall–Kier alpha value is -2.53. The zero-order chi connectivity index (χ0) is 17.3. The zero-order valence-electron chi connectivity index (χ0n) is 14.3. The van der Waals surface area contributed by atoms with Crippen molar-refractivity contribution in [1.29, 1.82) is 0 Å². The third kappa shape index (κ3) is 5.80. The maximum absolute atomic E-state index is 11.9. The van der Waals surface area contributed by atoms with Gasteiger partial charge in [0.25, 0.3) is 0 Å². The van der Waals surface area contributed by atoms with Gasteiger partial charge in [-0.15, -0.1) is 0 Å². The van der Waals surface area contributed by atoms with Gasteiger partial charge in [-0.25, -0.2) is 4.79 Å². The number of likely N-dealkylation sites (tertiary alicyclic amines) is 1. The van der Waals surface area contributed by atoms with Crippen molar-refractivity contribution in [2.45, 2.75) is 19.3 Å². The summed E-state index contributed by atoms with van der Waals surface area (Å²) in [6.45, 7) is 3.41. The fourth-order valence-electron chi connectivity index (χ4n) is 2.87. The largest absolute Gasteiger partial charge is 0.457 e. The first kappa shape index (κ1) is 17.3. The molecule has 1 aliphatic rings. The van der Waals surface area contributed by atoms with Gasteiger partial charge in [0, 0.05) is 18.3 Å². The highest BCUT2D eigenvalue weighted by Crippen LogP contribution is 2.23. The summed E-state index contributed by atoms with van der Waals surface area (Å²) >= 11 is 0. The van der Waals surface area contributed by atoms with Crippen LogP contribution in [-0.4, -0.2) is 37.2 Å². The molecule has 132 valence electrons. The van der Waals surface area contributed by atoms with Gasteiger partial charge in [-0.2, -0.15) is 0 Å². The molecule has 0 radical (unpaired) electrons. The van der Waals surface area contributed by atoms with E-state index >= 15 is 0 Å². The number of anilines is 1. The SMILES string of the molecule is O=C(Nc1cccc(Oc2ccccc2)c1)OCCN1CCCCC1. The maximum Gasteiger partial charge on any atom is 0.411 e. The summed E-state index contributed by atoms with van der Waals surface area (Å²) in [5.41, 5.74) is 0.649. The number of rotatable bonds is 6. The fourth-order valence-corrected chi connectivity index (χ4v) is 2.87. The van der Waals surface area contributed by atoms with Crippen molar-refractivity contribution in [1.82, 2.24) is 4.90 Å². The summed E-state index contributed by atoms with van der Waals surface area (Å²) in [6, 6.07) is 16.8. The molecule has 0 spiro atoms. The van der Waals surface area contributed by atoms with Crippen LogP contribution in [-0.2, 0) is 4.74 Å². The Kier molecular flexibility index (Phi) is 6.29. The van der Waals surface area contributed by atoms with Gasteiger partial charge in [-0.05, 0) is 50.2 Å². The highest BCUT2D eigenvalue weighted by atomic mass is 16.5. The van der Waals surface area contributed by atoms with E-state index in [0.717, 1.165) is 25.4 Å². The molecule has 1 fully saturated rings. The van der Waals surface area contributed by atoms with Gasteiger partial charge >= 0.3 is 6.09 Å². The molecule has 1 aliphatic heterocycles. The molecule has 0 aromatic heterocycles. The van der Waals surface area contributed by atoms with E-state index in [1.54, 1.807) is 6.07 Å². The second-order valence-electron chi connectivity index (χ2n) is 6.11. The van der Waals surface area contributed by atoms with Crippen LogP contribution in [0.2, 0.25) is 0 Å². The minimum atomic E-state index is -0.436. The predicted molar refractivity (Wildman–Crippen MR) is 98.2 cm³/mol. The van der Waals surface area contributed by atoms with Crippen molar-refractivity contribution in [2.75, 3.05) is 31.6 Å². The first-order chi connectivity index (χ1) is 12.3. The molecule has 0 bridgehead atoms. The average molecular weight is 340 g/mol. The number of carbonyl (C=O) groups is 1. The van der Waals surface area contributed by atoms with Crippen molar-refractivity contribution in [3.05, 3.63) is 54.6 Å². The minimum Gasteiger partial charge on any atom is -0.457 e. The summed E-state index contributed by atoms with van der Waals surface area (Å²) in [5.74, 6) is 1.42. The third-order valence-electron chi connectivity index (χ3n) is 4.15. The molecule has 5 heteroatoms. The Bertz CT molecular complexity index is 670. The van der Waals surface area contributed by atoms with Crippen LogP contribution in [0.25, 0.3) is 0 Å². The van der Waals surface area contributed by atoms with Gasteiger partial charge in [0.15, 0.2) is 0 Å². The summed E-state index contributed by atoms with van der Waals surface area (Å²) in [4.78, 5) is 14.3.